The van der Waals surface area contributed by atoms with Crippen molar-refractivity contribution in [3.63, 3.8) is 0 Å². The monoisotopic (exact) mass is 334 g/mol. The summed E-state index contributed by atoms with van der Waals surface area (Å²) in [6.07, 6.45) is 1.51. The van der Waals surface area contributed by atoms with Gasteiger partial charge in [0.25, 0.3) is 5.91 Å². The zero-order valence-electron chi connectivity index (χ0n) is 13.6. The maximum absolute atomic E-state index is 12.3. The molecule has 1 heterocycles. The van der Waals surface area contributed by atoms with Gasteiger partial charge in [-0.1, -0.05) is 12.1 Å². The van der Waals surface area contributed by atoms with Crippen LogP contribution < -0.4 is 10.6 Å². The topological polar surface area (TPSA) is 105 Å². The van der Waals surface area contributed by atoms with Crippen LogP contribution in [0.1, 0.15) is 35.7 Å². The van der Waals surface area contributed by atoms with Crippen LogP contribution in [-0.4, -0.2) is 42.1 Å². The number of nitrogens with one attached hydrogen (secondary N) is 2. The number of carboxylic acid groups (broad SMARTS) is 1. The van der Waals surface area contributed by atoms with E-state index < -0.39 is 17.9 Å². The molecule has 1 aromatic rings. The lowest BCUT2D eigenvalue weighted by Gasteiger charge is -2.28. The van der Waals surface area contributed by atoms with E-state index in [4.69, 9.17) is 4.74 Å². The largest absolute Gasteiger partial charge is 0.480 e. The molecule has 0 saturated carbocycles. The smallest absolute Gasteiger partial charge is 0.326 e. The predicted molar refractivity (Wildman–Crippen MR) is 86.4 cm³/mol. The number of aliphatic carboxylic acids is 1. The van der Waals surface area contributed by atoms with Crippen molar-refractivity contribution in [1.29, 1.82) is 0 Å². The molecule has 130 valence electrons. The first-order valence-corrected chi connectivity index (χ1v) is 7.92. The minimum atomic E-state index is -1.05. The van der Waals surface area contributed by atoms with Crippen LogP contribution in [-0.2, 0) is 20.9 Å². The van der Waals surface area contributed by atoms with Crippen molar-refractivity contribution in [2.45, 2.75) is 32.4 Å². The third kappa shape index (κ3) is 5.06. The fraction of sp³-hybridized carbons (Fsp3) is 0.471. The molecular weight excluding hydrogens is 312 g/mol. The maximum atomic E-state index is 12.3. The van der Waals surface area contributed by atoms with Crippen LogP contribution in [0.2, 0.25) is 0 Å². The summed E-state index contributed by atoms with van der Waals surface area (Å²) < 4.78 is 5.31. The van der Waals surface area contributed by atoms with E-state index in [1.54, 1.807) is 24.3 Å². The molecule has 0 aromatic heterocycles. The first-order chi connectivity index (χ1) is 11.5. The summed E-state index contributed by atoms with van der Waals surface area (Å²) >= 11 is 0. The lowest BCUT2D eigenvalue weighted by atomic mass is 9.93. The van der Waals surface area contributed by atoms with Gasteiger partial charge in [0.05, 0.1) is 6.61 Å². The number of benzene rings is 1. The van der Waals surface area contributed by atoms with Crippen LogP contribution in [0, 0.1) is 5.92 Å². The van der Waals surface area contributed by atoms with Crippen molar-refractivity contribution in [3.8, 4) is 0 Å². The molecule has 2 atom stereocenters. The molecule has 7 nitrogen and oxygen atoms in total. The van der Waals surface area contributed by atoms with Crippen LogP contribution in [0.25, 0.3) is 0 Å². The summed E-state index contributed by atoms with van der Waals surface area (Å²) in [6.45, 7) is 2.79. The Labute approximate surface area is 140 Å². The molecule has 0 radical (unpaired) electrons. The Bertz CT molecular complexity index is 594. The first-order valence-electron chi connectivity index (χ1n) is 7.92. The molecule has 0 bridgehead atoms. The number of rotatable bonds is 6. The number of hydrogen-bond donors (Lipinski definition) is 3. The molecule has 2 amide bonds. The van der Waals surface area contributed by atoms with Gasteiger partial charge in [0.1, 0.15) is 6.04 Å². The zero-order chi connectivity index (χ0) is 17.5. The number of carbonyl (C=O) groups excluding carboxylic acids is 2. The number of ether oxygens (including phenoxy) is 1. The summed E-state index contributed by atoms with van der Waals surface area (Å²) in [5.74, 6) is -1.84. The van der Waals surface area contributed by atoms with E-state index in [9.17, 15) is 19.5 Å². The average Bonchev–Trinajstić information content (AvgIpc) is 2.58. The third-order valence-electron chi connectivity index (χ3n) is 3.98. The Morgan fingerprint density at radius 3 is 2.54 bits per heavy atom. The Morgan fingerprint density at radius 2 is 2.00 bits per heavy atom. The number of carboxylic acids is 1. The van der Waals surface area contributed by atoms with Gasteiger partial charge in [0.15, 0.2) is 0 Å². The van der Waals surface area contributed by atoms with Gasteiger partial charge in [0, 0.05) is 31.6 Å². The van der Waals surface area contributed by atoms with Crippen LogP contribution in [0.5, 0.6) is 0 Å². The molecule has 7 heteroatoms. The van der Waals surface area contributed by atoms with E-state index >= 15 is 0 Å². The Morgan fingerprint density at radius 1 is 1.29 bits per heavy atom. The highest BCUT2D eigenvalue weighted by Crippen LogP contribution is 2.18. The van der Waals surface area contributed by atoms with Crippen LogP contribution in [0.3, 0.4) is 0 Å². The summed E-state index contributed by atoms with van der Waals surface area (Å²) in [7, 11) is 0. The van der Waals surface area contributed by atoms with E-state index in [0.29, 0.717) is 31.7 Å². The highest BCUT2D eigenvalue weighted by molar-refractivity contribution is 5.96. The summed E-state index contributed by atoms with van der Waals surface area (Å²) in [5, 5.41) is 14.6. The minimum absolute atomic E-state index is 0.129. The van der Waals surface area contributed by atoms with Gasteiger partial charge in [-0.05, 0) is 30.5 Å². The standard InChI is InChI=1S/C17H22N2O5/c1-11(20)18-9-12-4-6-13(7-5-12)16(21)19-15(17(22)23)14-3-2-8-24-10-14/h4-7,14-15H,2-3,8-10H2,1H3,(H,18,20)(H,19,21)(H,22,23). The van der Waals surface area contributed by atoms with Crippen molar-refractivity contribution in [1.82, 2.24) is 10.6 Å². The van der Waals surface area contributed by atoms with E-state index in [2.05, 4.69) is 10.6 Å². The van der Waals surface area contributed by atoms with Crippen molar-refractivity contribution >= 4 is 17.8 Å². The third-order valence-corrected chi connectivity index (χ3v) is 3.98. The van der Waals surface area contributed by atoms with E-state index in [-0.39, 0.29) is 11.8 Å². The Balaban J connectivity index is 1.98. The number of amides is 2. The second-order valence-corrected chi connectivity index (χ2v) is 5.87. The lowest BCUT2D eigenvalue weighted by molar-refractivity contribution is -0.142. The normalized spacial score (nSPS) is 18.5. The van der Waals surface area contributed by atoms with Gasteiger partial charge in [-0.15, -0.1) is 0 Å². The second kappa shape index (κ2) is 8.44. The molecule has 1 aliphatic rings. The molecule has 2 rings (SSSR count). The molecule has 2 unspecified atom stereocenters. The van der Waals surface area contributed by atoms with E-state index in [0.717, 1.165) is 12.0 Å². The molecule has 1 aromatic carbocycles. The van der Waals surface area contributed by atoms with Gasteiger partial charge in [0.2, 0.25) is 5.91 Å². The van der Waals surface area contributed by atoms with Crippen molar-refractivity contribution in [2.75, 3.05) is 13.2 Å². The first kappa shape index (κ1) is 17.9. The molecule has 0 spiro atoms. The fourth-order valence-corrected chi connectivity index (χ4v) is 2.63. The Kier molecular flexibility index (Phi) is 6.31. The zero-order valence-corrected chi connectivity index (χ0v) is 13.6. The highest BCUT2D eigenvalue weighted by Gasteiger charge is 2.31. The summed E-state index contributed by atoms with van der Waals surface area (Å²) in [4.78, 5) is 34.6. The predicted octanol–water partition coefficient (Wildman–Crippen LogP) is 0.932. The highest BCUT2D eigenvalue weighted by atomic mass is 16.5. The minimum Gasteiger partial charge on any atom is -0.480 e. The molecule has 3 N–H and O–H groups in total. The van der Waals surface area contributed by atoms with Gasteiger partial charge in [-0.3, -0.25) is 9.59 Å². The lowest BCUT2D eigenvalue weighted by Crippen LogP contribution is -2.48. The molecule has 1 aliphatic heterocycles. The molecule has 1 fully saturated rings. The SMILES string of the molecule is CC(=O)NCc1ccc(C(=O)NC(C(=O)O)C2CCCOC2)cc1. The summed E-state index contributed by atoms with van der Waals surface area (Å²) in [6, 6.07) is 5.72. The number of hydrogen-bond acceptors (Lipinski definition) is 4. The van der Waals surface area contributed by atoms with E-state index in [1.807, 2.05) is 0 Å². The molecular formula is C17H22N2O5. The van der Waals surface area contributed by atoms with Gasteiger partial charge in [-0.2, -0.15) is 0 Å². The van der Waals surface area contributed by atoms with Crippen molar-refractivity contribution in [2.24, 2.45) is 5.92 Å². The quantitative estimate of drug-likeness (QED) is 0.718. The van der Waals surface area contributed by atoms with Crippen LogP contribution in [0.4, 0.5) is 0 Å². The molecule has 1 saturated heterocycles. The van der Waals surface area contributed by atoms with Crippen molar-refractivity contribution in [3.05, 3.63) is 35.4 Å². The van der Waals surface area contributed by atoms with Crippen LogP contribution in [0.15, 0.2) is 24.3 Å². The molecule has 0 aliphatic carbocycles. The van der Waals surface area contributed by atoms with E-state index in [1.165, 1.54) is 6.92 Å². The fourth-order valence-electron chi connectivity index (χ4n) is 2.63. The Hall–Kier alpha value is -2.41. The van der Waals surface area contributed by atoms with Crippen molar-refractivity contribution < 1.29 is 24.2 Å². The second-order valence-electron chi connectivity index (χ2n) is 5.87. The maximum Gasteiger partial charge on any atom is 0.326 e. The molecule has 24 heavy (non-hydrogen) atoms. The summed E-state index contributed by atoms with van der Waals surface area (Å²) in [5.41, 5.74) is 1.24. The van der Waals surface area contributed by atoms with Crippen LogP contribution >= 0.6 is 0 Å². The average molecular weight is 334 g/mol. The van der Waals surface area contributed by atoms with Gasteiger partial charge >= 0.3 is 5.97 Å². The van der Waals surface area contributed by atoms with Gasteiger partial charge < -0.3 is 20.5 Å². The number of carbonyl (C=O) groups is 3. The van der Waals surface area contributed by atoms with Gasteiger partial charge in [-0.25, -0.2) is 4.79 Å².